The van der Waals surface area contributed by atoms with E-state index in [1.807, 2.05) is 0 Å². The number of methoxy groups -OCH3 is 1. The number of imide groups is 1. The van der Waals surface area contributed by atoms with Crippen molar-refractivity contribution in [2.24, 2.45) is 29.6 Å². The summed E-state index contributed by atoms with van der Waals surface area (Å²) in [6.07, 6.45) is 3.13. The summed E-state index contributed by atoms with van der Waals surface area (Å²) in [5, 5.41) is 0. The van der Waals surface area contributed by atoms with Gasteiger partial charge in [-0.2, -0.15) is 0 Å². The molecule has 4 aliphatic rings. The van der Waals surface area contributed by atoms with Crippen LogP contribution in [-0.2, 0) is 19.2 Å². The minimum atomic E-state index is -0.593. The third kappa shape index (κ3) is 3.50. The number of hydrogen-bond donors (Lipinski definition) is 0. The molecule has 2 aromatic carbocycles. The summed E-state index contributed by atoms with van der Waals surface area (Å²) < 4.78 is 10.8. The van der Waals surface area contributed by atoms with Crippen LogP contribution in [0.4, 0.5) is 11.4 Å². The highest BCUT2D eigenvalue weighted by atomic mass is 16.5. The Hall–Kier alpha value is -3.68. The number of esters is 1. The van der Waals surface area contributed by atoms with E-state index in [1.165, 1.54) is 4.90 Å². The molecule has 2 bridgehead atoms. The third-order valence-corrected chi connectivity index (χ3v) is 8.06. The molecule has 4 fully saturated rings. The van der Waals surface area contributed by atoms with Gasteiger partial charge < -0.3 is 14.4 Å². The molecule has 0 unspecified atom stereocenters. The fourth-order valence-corrected chi connectivity index (χ4v) is 6.42. The molecule has 3 amide bonds. The van der Waals surface area contributed by atoms with Crippen molar-refractivity contribution >= 4 is 35.1 Å². The second-order valence-electron chi connectivity index (χ2n) is 9.92. The molecule has 180 valence electrons. The molecule has 2 aliphatic carbocycles. The molecule has 2 saturated heterocycles. The molecule has 0 spiro atoms. The molecule has 2 aromatic rings. The van der Waals surface area contributed by atoms with Gasteiger partial charge in [0.15, 0.2) is 0 Å². The van der Waals surface area contributed by atoms with E-state index < -0.39 is 11.9 Å². The Morgan fingerprint density at radius 3 is 2.23 bits per heavy atom. The summed E-state index contributed by atoms with van der Waals surface area (Å²) in [6.45, 7) is 0.227. The maximum atomic E-state index is 13.0. The summed E-state index contributed by atoms with van der Waals surface area (Å²) in [7, 11) is 1.56. The Kier molecular flexibility index (Phi) is 5.12. The minimum Gasteiger partial charge on any atom is -0.497 e. The molecule has 35 heavy (non-hydrogen) atoms. The van der Waals surface area contributed by atoms with Crippen molar-refractivity contribution in [3.05, 3.63) is 48.5 Å². The van der Waals surface area contributed by atoms with Crippen molar-refractivity contribution in [1.82, 2.24) is 0 Å². The smallest absolute Gasteiger partial charge is 0.316 e. The number of hydrogen-bond acceptors (Lipinski definition) is 6. The van der Waals surface area contributed by atoms with Gasteiger partial charge in [0.05, 0.1) is 30.6 Å². The number of anilines is 2. The quantitative estimate of drug-likeness (QED) is 0.375. The number of rotatable bonds is 5. The van der Waals surface area contributed by atoms with E-state index in [0.29, 0.717) is 34.7 Å². The zero-order valence-corrected chi connectivity index (χ0v) is 19.4. The average Bonchev–Trinajstić information content (AvgIpc) is 3.63. The summed E-state index contributed by atoms with van der Waals surface area (Å²) in [5.41, 5.74) is 1.18. The molecule has 2 aliphatic heterocycles. The van der Waals surface area contributed by atoms with Crippen LogP contribution in [0.25, 0.3) is 0 Å². The summed E-state index contributed by atoms with van der Waals surface area (Å²) in [5.74, 6) is -0.176. The number of carbonyl (C=O) groups excluding carboxylic acids is 4. The van der Waals surface area contributed by atoms with Gasteiger partial charge in [-0.1, -0.05) is 6.07 Å². The molecule has 8 nitrogen and oxygen atoms in total. The number of fused-ring (bicyclic) bond motifs is 5. The zero-order chi connectivity index (χ0) is 24.3. The number of amides is 3. The number of ether oxygens (including phenoxy) is 2. The maximum absolute atomic E-state index is 13.0. The van der Waals surface area contributed by atoms with Crippen molar-refractivity contribution in [2.75, 3.05) is 23.5 Å². The first-order valence-electron chi connectivity index (χ1n) is 12.1. The van der Waals surface area contributed by atoms with Crippen LogP contribution in [0, 0.1) is 29.6 Å². The van der Waals surface area contributed by atoms with Crippen LogP contribution in [0.2, 0.25) is 0 Å². The highest BCUT2D eigenvalue weighted by Gasteiger charge is 2.61. The van der Waals surface area contributed by atoms with Crippen molar-refractivity contribution in [2.45, 2.75) is 25.7 Å². The topological polar surface area (TPSA) is 93.2 Å². The molecule has 6 rings (SSSR count). The number of nitrogens with zero attached hydrogens (tertiary/aromatic N) is 2. The lowest BCUT2D eigenvalue weighted by atomic mass is 9.81. The second-order valence-corrected chi connectivity index (χ2v) is 9.92. The van der Waals surface area contributed by atoms with Gasteiger partial charge in [0.2, 0.25) is 17.7 Å². The van der Waals surface area contributed by atoms with E-state index in [-0.39, 0.29) is 42.5 Å². The molecular weight excluding hydrogens is 448 g/mol. The monoisotopic (exact) mass is 474 g/mol. The molecule has 0 radical (unpaired) electrons. The lowest BCUT2D eigenvalue weighted by molar-refractivity contribution is -0.139. The molecule has 0 aromatic heterocycles. The van der Waals surface area contributed by atoms with Gasteiger partial charge in [-0.05, 0) is 67.5 Å². The van der Waals surface area contributed by atoms with Crippen LogP contribution in [-0.4, -0.2) is 37.3 Å². The van der Waals surface area contributed by atoms with E-state index in [4.69, 9.17) is 9.47 Å². The predicted molar refractivity (Wildman–Crippen MR) is 126 cm³/mol. The average molecular weight is 475 g/mol. The van der Waals surface area contributed by atoms with Crippen LogP contribution in [0.5, 0.6) is 11.5 Å². The molecule has 2 saturated carbocycles. The predicted octanol–water partition coefficient (Wildman–Crippen LogP) is 3.19. The summed E-state index contributed by atoms with van der Waals surface area (Å²) in [4.78, 5) is 54.2. The van der Waals surface area contributed by atoms with E-state index in [2.05, 4.69) is 0 Å². The van der Waals surface area contributed by atoms with Crippen molar-refractivity contribution in [3.63, 3.8) is 0 Å². The Morgan fingerprint density at radius 1 is 0.886 bits per heavy atom. The van der Waals surface area contributed by atoms with Crippen molar-refractivity contribution in [3.8, 4) is 11.5 Å². The van der Waals surface area contributed by atoms with Gasteiger partial charge in [-0.25, -0.2) is 0 Å². The lowest BCUT2D eigenvalue weighted by Crippen LogP contribution is -2.32. The van der Waals surface area contributed by atoms with Crippen LogP contribution in [0.15, 0.2) is 48.5 Å². The van der Waals surface area contributed by atoms with Gasteiger partial charge in [0.25, 0.3) is 0 Å². The summed E-state index contributed by atoms with van der Waals surface area (Å²) in [6, 6.07) is 13.6. The van der Waals surface area contributed by atoms with E-state index in [1.54, 1.807) is 60.5 Å². The van der Waals surface area contributed by atoms with Crippen LogP contribution in [0.1, 0.15) is 25.7 Å². The van der Waals surface area contributed by atoms with Crippen LogP contribution in [0.3, 0.4) is 0 Å². The zero-order valence-electron chi connectivity index (χ0n) is 19.4. The van der Waals surface area contributed by atoms with Crippen molar-refractivity contribution in [1.29, 1.82) is 0 Å². The normalized spacial score (nSPS) is 29.2. The standard InChI is InChI=1S/C27H26N2O6/c1-34-21-4-2-3-19(13-21)28-14-17(12-22(28)30)27(33)35-20-9-7-18(8-10-20)29-25(31)23-15-5-6-16(11-15)24(23)26(29)32/h2-4,7-10,13,15-17,23-24H,5-6,11-12,14H2,1H3/t15-,16-,17+,23-,24-/m0/s1. The van der Waals surface area contributed by atoms with E-state index in [9.17, 15) is 19.2 Å². The Bertz CT molecular complexity index is 1200. The minimum absolute atomic E-state index is 0.0655. The van der Waals surface area contributed by atoms with E-state index in [0.717, 1.165) is 19.3 Å². The highest BCUT2D eigenvalue weighted by Crippen LogP contribution is 2.56. The number of benzene rings is 2. The lowest BCUT2D eigenvalue weighted by Gasteiger charge is -2.19. The molecule has 0 N–H and O–H groups in total. The third-order valence-electron chi connectivity index (χ3n) is 8.06. The van der Waals surface area contributed by atoms with Crippen molar-refractivity contribution < 1.29 is 28.7 Å². The Labute approximate surface area is 202 Å². The van der Waals surface area contributed by atoms with Gasteiger partial charge >= 0.3 is 5.97 Å². The Balaban J connectivity index is 1.12. The largest absolute Gasteiger partial charge is 0.497 e. The highest BCUT2D eigenvalue weighted by molar-refractivity contribution is 6.22. The molecular formula is C27H26N2O6. The van der Waals surface area contributed by atoms with Gasteiger partial charge in [0, 0.05) is 24.7 Å². The van der Waals surface area contributed by atoms with E-state index >= 15 is 0 Å². The number of carbonyl (C=O) groups is 4. The van der Waals surface area contributed by atoms with Gasteiger partial charge in [-0.3, -0.25) is 24.1 Å². The van der Waals surface area contributed by atoms with Crippen LogP contribution >= 0.6 is 0 Å². The second kappa shape index (κ2) is 8.22. The molecule has 5 atom stereocenters. The SMILES string of the molecule is COc1cccc(N2C[C@H](C(=O)Oc3ccc(N4C(=O)[C@H]5[C@H]6CC[C@@H](C6)[C@@H]5C4=O)cc3)CC2=O)c1. The fraction of sp³-hybridized carbons (Fsp3) is 0.407. The molecule has 2 heterocycles. The fourth-order valence-electron chi connectivity index (χ4n) is 6.42. The maximum Gasteiger partial charge on any atom is 0.316 e. The first kappa shape index (κ1) is 21.8. The van der Waals surface area contributed by atoms with Gasteiger partial charge in [0.1, 0.15) is 11.5 Å². The van der Waals surface area contributed by atoms with Crippen LogP contribution < -0.4 is 19.3 Å². The molecule has 8 heteroatoms. The van der Waals surface area contributed by atoms with Gasteiger partial charge in [-0.15, -0.1) is 0 Å². The Morgan fingerprint density at radius 2 is 1.57 bits per heavy atom. The first-order chi connectivity index (χ1) is 16.9. The first-order valence-corrected chi connectivity index (χ1v) is 12.1. The summed E-state index contributed by atoms with van der Waals surface area (Å²) >= 11 is 0.